The van der Waals surface area contributed by atoms with E-state index in [9.17, 15) is 8.78 Å². The zero-order valence-electron chi connectivity index (χ0n) is 7.15. The van der Waals surface area contributed by atoms with Crippen LogP contribution in [0.5, 0.6) is 0 Å². The topological polar surface area (TPSA) is 0 Å². The van der Waals surface area contributed by atoms with Crippen LogP contribution in [0.3, 0.4) is 0 Å². The van der Waals surface area contributed by atoms with E-state index in [0.29, 0.717) is 16.6 Å². The molecule has 0 N–H and O–H groups in total. The van der Waals surface area contributed by atoms with Crippen LogP contribution < -0.4 is 0 Å². The Morgan fingerprint density at radius 1 is 1.36 bits per heavy atom. The molecule has 0 aliphatic rings. The van der Waals surface area contributed by atoms with Gasteiger partial charge in [-0.2, -0.15) is 12.6 Å². The first-order chi connectivity index (χ1) is 6.65. The van der Waals surface area contributed by atoms with Crippen LogP contribution in [0.2, 0.25) is 0 Å². The van der Waals surface area contributed by atoms with Crippen molar-refractivity contribution < 1.29 is 8.78 Å². The molecule has 1 rings (SSSR count). The molecule has 0 spiro atoms. The molecule has 0 aliphatic carbocycles. The molecule has 0 fully saturated rings. The minimum absolute atomic E-state index is 0.188. The lowest BCUT2D eigenvalue weighted by molar-refractivity contribution is 0.579. The summed E-state index contributed by atoms with van der Waals surface area (Å²) in [6.45, 7) is 0. The molecule has 74 valence electrons. The van der Waals surface area contributed by atoms with Crippen LogP contribution in [0.15, 0.2) is 16.6 Å². The number of benzene rings is 1. The van der Waals surface area contributed by atoms with E-state index in [0.717, 1.165) is 6.07 Å². The van der Waals surface area contributed by atoms with Gasteiger partial charge in [0, 0.05) is 22.7 Å². The molecular formula is C10H7BrF2S. The smallest absolute Gasteiger partial charge is 0.142 e. The number of hydrogen-bond acceptors (Lipinski definition) is 1. The molecule has 4 heteroatoms. The van der Waals surface area contributed by atoms with Crippen LogP contribution in [-0.2, 0) is 0 Å². The van der Waals surface area contributed by atoms with Gasteiger partial charge in [0.25, 0.3) is 0 Å². The Hall–Kier alpha value is -0.530. The van der Waals surface area contributed by atoms with Gasteiger partial charge >= 0.3 is 0 Å². The highest BCUT2D eigenvalue weighted by molar-refractivity contribution is 9.10. The Morgan fingerprint density at radius 3 is 2.64 bits per heavy atom. The first kappa shape index (κ1) is 11.5. The summed E-state index contributed by atoms with van der Waals surface area (Å²) < 4.78 is 26.1. The molecular weight excluding hydrogens is 270 g/mol. The van der Waals surface area contributed by atoms with Gasteiger partial charge in [0.2, 0.25) is 0 Å². The zero-order chi connectivity index (χ0) is 10.6. The molecule has 0 nitrogen and oxygen atoms in total. The van der Waals surface area contributed by atoms with E-state index in [1.54, 1.807) is 0 Å². The van der Waals surface area contributed by atoms with E-state index >= 15 is 0 Å². The van der Waals surface area contributed by atoms with Crippen molar-refractivity contribution in [2.75, 3.05) is 5.75 Å². The monoisotopic (exact) mass is 276 g/mol. The Kier molecular flexibility index (Phi) is 4.43. The normalized spacial score (nSPS) is 9.43. The van der Waals surface area contributed by atoms with Gasteiger partial charge in [-0.25, -0.2) is 8.78 Å². The molecule has 1 aromatic rings. The standard InChI is InChI=1S/C10H7BrF2S/c11-9-5-7(12)6-10(13)8(9)3-1-2-4-14/h5-6,14H,2,4H2. The fourth-order valence-corrected chi connectivity index (χ4v) is 1.49. The maximum atomic E-state index is 13.1. The largest absolute Gasteiger partial charge is 0.207 e. The van der Waals surface area contributed by atoms with Crippen LogP contribution in [-0.4, -0.2) is 5.75 Å². The Morgan fingerprint density at radius 2 is 2.07 bits per heavy atom. The molecule has 0 saturated carbocycles. The van der Waals surface area contributed by atoms with Crippen molar-refractivity contribution in [1.82, 2.24) is 0 Å². The van der Waals surface area contributed by atoms with Gasteiger partial charge in [0.15, 0.2) is 0 Å². The number of hydrogen-bond donors (Lipinski definition) is 1. The second-order valence-corrected chi connectivity index (χ2v) is 3.82. The molecule has 0 amide bonds. The highest BCUT2D eigenvalue weighted by Crippen LogP contribution is 2.20. The summed E-state index contributed by atoms with van der Waals surface area (Å²) in [7, 11) is 0. The molecule has 0 saturated heterocycles. The van der Waals surface area contributed by atoms with E-state index in [2.05, 4.69) is 40.4 Å². The molecule has 0 unspecified atom stereocenters. The maximum Gasteiger partial charge on any atom is 0.142 e. The van der Waals surface area contributed by atoms with Crippen LogP contribution in [0, 0.1) is 23.5 Å². The second-order valence-electron chi connectivity index (χ2n) is 2.52. The predicted octanol–water partition coefficient (Wildman–Crippen LogP) is 3.40. The molecule has 0 aromatic heterocycles. The van der Waals surface area contributed by atoms with Crippen LogP contribution >= 0.6 is 28.6 Å². The Bertz CT molecular complexity index is 370. The van der Waals surface area contributed by atoms with E-state index in [4.69, 9.17) is 0 Å². The van der Waals surface area contributed by atoms with Crippen LogP contribution in [0.25, 0.3) is 0 Å². The zero-order valence-corrected chi connectivity index (χ0v) is 9.63. The third kappa shape index (κ3) is 3.00. The van der Waals surface area contributed by atoms with E-state index in [1.165, 1.54) is 6.07 Å². The quantitative estimate of drug-likeness (QED) is 0.590. The first-order valence-electron chi connectivity index (χ1n) is 3.89. The molecule has 0 atom stereocenters. The van der Waals surface area contributed by atoms with Gasteiger partial charge < -0.3 is 0 Å². The summed E-state index contributed by atoms with van der Waals surface area (Å²) in [6, 6.07) is 2.00. The molecule has 14 heavy (non-hydrogen) atoms. The minimum atomic E-state index is -0.650. The van der Waals surface area contributed by atoms with E-state index < -0.39 is 11.6 Å². The van der Waals surface area contributed by atoms with E-state index in [-0.39, 0.29) is 5.56 Å². The molecule has 0 aliphatic heterocycles. The number of halogens is 3. The average molecular weight is 277 g/mol. The lowest BCUT2D eigenvalue weighted by atomic mass is 10.2. The van der Waals surface area contributed by atoms with Crippen molar-refractivity contribution in [3.8, 4) is 11.8 Å². The lowest BCUT2D eigenvalue weighted by Crippen LogP contribution is -1.88. The van der Waals surface area contributed by atoms with Crippen LogP contribution in [0.4, 0.5) is 8.78 Å². The van der Waals surface area contributed by atoms with Crippen molar-refractivity contribution in [2.24, 2.45) is 0 Å². The highest BCUT2D eigenvalue weighted by Gasteiger charge is 2.06. The van der Waals surface area contributed by atoms with Gasteiger partial charge in [-0.1, -0.05) is 11.8 Å². The van der Waals surface area contributed by atoms with Gasteiger partial charge in [0.05, 0.1) is 5.56 Å². The van der Waals surface area contributed by atoms with Crippen molar-refractivity contribution in [1.29, 1.82) is 0 Å². The summed E-state index contributed by atoms with van der Waals surface area (Å²) in [6.07, 6.45) is 0.576. The summed E-state index contributed by atoms with van der Waals surface area (Å²) in [4.78, 5) is 0. The SMILES string of the molecule is Fc1cc(F)c(C#CCCS)c(Br)c1. The number of thiol groups is 1. The number of rotatable bonds is 1. The van der Waals surface area contributed by atoms with Crippen molar-refractivity contribution in [3.63, 3.8) is 0 Å². The van der Waals surface area contributed by atoms with Crippen LogP contribution in [0.1, 0.15) is 12.0 Å². The molecule has 1 aromatic carbocycles. The molecule has 0 heterocycles. The fraction of sp³-hybridized carbons (Fsp3) is 0.200. The van der Waals surface area contributed by atoms with E-state index in [1.807, 2.05) is 0 Å². The average Bonchev–Trinajstić information content (AvgIpc) is 2.09. The summed E-state index contributed by atoms with van der Waals surface area (Å²) >= 11 is 7.02. The maximum absolute atomic E-state index is 13.1. The second kappa shape index (κ2) is 5.38. The van der Waals surface area contributed by atoms with Gasteiger partial charge in [-0.3, -0.25) is 0 Å². The van der Waals surface area contributed by atoms with Gasteiger partial charge in [0.1, 0.15) is 11.6 Å². The molecule has 0 radical (unpaired) electrons. The fourth-order valence-electron chi connectivity index (χ4n) is 0.868. The molecule has 0 bridgehead atoms. The third-order valence-electron chi connectivity index (χ3n) is 1.46. The predicted molar refractivity (Wildman–Crippen MR) is 59.4 cm³/mol. The van der Waals surface area contributed by atoms with Crippen molar-refractivity contribution in [3.05, 3.63) is 33.8 Å². The summed E-state index contributed by atoms with van der Waals surface area (Å²) in [5, 5.41) is 0. The van der Waals surface area contributed by atoms with Gasteiger partial charge in [-0.05, 0) is 22.0 Å². The van der Waals surface area contributed by atoms with Gasteiger partial charge in [-0.15, -0.1) is 0 Å². The third-order valence-corrected chi connectivity index (χ3v) is 2.31. The summed E-state index contributed by atoms with van der Waals surface area (Å²) in [5.41, 5.74) is 0.188. The minimum Gasteiger partial charge on any atom is -0.207 e. The summed E-state index contributed by atoms with van der Waals surface area (Å²) in [5.74, 6) is 4.71. The Balaban J connectivity index is 3.04. The first-order valence-corrected chi connectivity index (χ1v) is 5.32. The Labute approximate surface area is 95.2 Å². The van der Waals surface area contributed by atoms with Crippen molar-refractivity contribution in [2.45, 2.75) is 6.42 Å². The highest BCUT2D eigenvalue weighted by atomic mass is 79.9. The lowest BCUT2D eigenvalue weighted by Gasteiger charge is -1.98. The van der Waals surface area contributed by atoms with Crippen molar-refractivity contribution >= 4 is 28.6 Å².